The minimum Gasteiger partial charge on any atom is -0.455 e. The molecule has 22 heavy (non-hydrogen) atoms. The highest BCUT2D eigenvalue weighted by atomic mass is 79.9. The van der Waals surface area contributed by atoms with Crippen LogP contribution in [0.25, 0.3) is 11.3 Å². The second-order valence-electron chi connectivity index (χ2n) is 5.67. The van der Waals surface area contributed by atoms with Crippen molar-refractivity contribution in [3.05, 3.63) is 46.1 Å². The molecule has 5 N–H and O–H groups in total. The van der Waals surface area contributed by atoms with E-state index in [9.17, 15) is 5.11 Å². The molecule has 0 aliphatic heterocycles. The van der Waals surface area contributed by atoms with Crippen LogP contribution in [0.4, 0.5) is 0 Å². The normalized spacial score (nSPS) is 12.5. The SMILES string of the molecule is Cc1cc(Br)ccc1-c1ccc(C[NH2+]CC[NH2+]C[C@H](C)O)o1. The maximum atomic E-state index is 9.18. The van der Waals surface area contributed by atoms with Crippen LogP contribution in [-0.4, -0.2) is 30.8 Å². The predicted octanol–water partition coefficient (Wildman–Crippen LogP) is 1.03. The maximum absolute atomic E-state index is 9.18. The second kappa shape index (κ2) is 8.48. The summed E-state index contributed by atoms with van der Waals surface area (Å²) in [6, 6.07) is 10.3. The van der Waals surface area contributed by atoms with E-state index in [4.69, 9.17) is 4.42 Å². The molecule has 0 aliphatic carbocycles. The average molecular weight is 369 g/mol. The molecule has 0 unspecified atom stereocenters. The molecule has 2 aromatic rings. The van der Waals surface area contributed by atoms with E-state index >= 15 is 0 Å². The Balaban J connectivity index is 1.81. The minimum atomic E-state index is -0.234. The van der Waals surface area contributed by atoms with Crippen molar-refractivity contribution < 1.29 is 20.2 Å². The summed E-state index contributed by atoms with van der Waals surface area (Å²) in [4.78, 5) is 0. The Hall–Kier alpha value is -1.14. The molecule has 4 nitrogen and oxygen atoms in total. The Morgan fingerprint density at radius 1 is 1.18 bits per heavy atom. The summed E-state index contributed by atoms with van der Waals surface area (Å²) >= 11 is 3.48. The van der Waals surface area contributed by atoms with Gasteiger partial charge in [0.1, 0.15) is 31.9 Å². The summed E-state index contributed by atoms with van der Waals surface area (Å²) in [7, 11) is 0. The molecule has 0 spiro atoms. The quantitative estimate of drug-likeness (QED) is 0.609. The number of hydrogen-bond donors (Lipinski definition) is 3. The summed E-state index contributed by atoms with van der Waals surface area (Å²) in [6.07, 6.45) is -0.234. The van der Waals surface area contributed by atoms with Gasteiger partial charge in [0.15, 0.2) is 5.76 Å². The summed E-state index contributed by atoms with van der Waals surface area (Å²) in [5.41, 5.74) is 2.34. The number of benzene rings is 1. The number of aliphatic hydroxyl groups excluding tert-OH is 1. The number of halogens is 1. The van der Waals surface area contributed by atoms with Crippen LogP contribution in [0.5, 0.6) is 0 Å². The number of hydrogen-bond acceptors (Lipinski definition) is 2. The van der Waals surface area contributed by atoms with Gasteiger partial charge in [-0.15, -0.1) is 0 Å². The number of quaternary nitrogens is 2. The Kier molecular flexibility index (Phi) is 6.64. The highest BCUT2D eigenvalue weighted by Gasteiger charge is 2.09. The van der Waals surface area contributed by atoms with E-state index in [2.05, 4.69) is 45.6 Å². The molecule has 0 saturated carbocycles. The first-order chi connectivity index (χ1) is 10.6. The van der Waals surface area contributed by atoms with Crippen molar-refractivity contribution in [2.45, 2.75) is 26.5 Å². The molecule has 0 amide bonds. The van der Waals surface area contributed by atoms with Gasteiger partial charge in [-0.1, -0.05) is 15.9 Å². The smallest absolute Gasteiger partial charge is 0.158 e. The van der Waals surface area contributed by atoms with Gasteiger partial charge in [0, 0.05) is 10.0 Å². The number of aliphatic hydroxyl groups is 1. The van der Waals surface area contributed by atoms with E-state index in [1.807, 2.05) is 25.1 Å². The third-order valence-corrected chi connectivity index (χ3v) is 4.04. The third kappa shape index (κ3) is 5.25. The van der Waals surface area contributed by atoms with Crippen LogP contribution >= 0.6 is 15.9 Å². The summed E-state index contributed by atoms with van der Waals surface area (Å²) < 4.78 is 7.02. The lowest BCUT2D eigenvalue weighted by Gasteiger charge is -2.04. The Morgan fingerprint density at radius 3 is 2.68 bits per heavy atom. The molecular weight excluding hydrogens is 344 g/mol. The molecule has 0 fully saturated rings. The van der Waals surface area contributed by atoms with Gasteiger partial charge in [0.25, 0.3) is 0 Å². The summed E-state index contributed by atoms with van der Waals surface area (Å²) in [5.74, 6) is 1.92. The molecule has 1 atom stereocenters. The summed E-state index contributed by atoms with van der Waals surface area (Å²) in [5, 5.41) is 13.5. The zero-order valence-corrected chi connectivity index (χ0v) is 14.8. The fourth-order valence-electron chi connectivity index (χ4n) is 2.37. The molecule has 2 rings (SSSR count). The van der Waals surface area contributed by atoms with E-state index in [0.717, 1.165) is 47.7 Å². The molecule has 5 heteroatoms. The van der Waals surface area contributed by atoms with Gasteiger partial charge >= 0.3 is 0 Å². The van der Waals surface area contributed by atoms with E-state index in [1.54, 1.807) is 0 Å². The predicted molar refractivity (Wildman–Crippen MR) is 90.4 cm³/mol. The van der Waals surface area contributed by atoms with Crippen molar-refractivity contribution >= 4 is 15.9 Å². The van der Waals surface area contributed by atoms with Crippen molar-refractivity contribution in [3.8, 4) is 11.3 Å². The van der Waals surface area contributed by atoms with Crippen molar-refractivity contribution in [2.24, 2.45) is 0 Å². The van der Waals surface area contributed by atoms with Crippen molar-refractivity contribution in [1.29, 1.82) is 0 Å². The van der Waals surface area contributed by atoms with Crippen molar-refractivity contribution in [2.75, 3.05) is 19.6 Å². The van der Waals surface area contributed by atoms with Crippen molar-refractivity contribution in [3.63, 3.8) is 0 Å². The fraction of sp³-hybridized carbons (Fsp3) is 0.412. The van der Waals surface area contributed by atoms with Gasteiger partial charge in [-0.05, 0) is 49.7 Å². The standard InChI is InChI=1S/C17H23BrN2O2/c1-12-9-14(18)3-5-16(12)17-6-4-15(22-17)11-20-8-7-19-10-13(2)21/h3-6,9,13,19-21H,7-8,10-11H2,1-2H3/p+2/t13-/m0/s1. The van der Waals surface area contributed by atoms with Crippen LogP contribution in [0, 0.1) is 6.92 Å². The third-order valence-electron chi connectivity index (χ3n) is 3.54. The lowest BCUT2D eigenvalue weighted by Crippen LogP contribution is -2.95. The molecule has 1 aromatic heterocycles. The molecule has 0 bridgehead atoms. The van der Waals surface area contributed by atoms with Crippen LogP contribution in [-0.2, 0) is 6.54 Å². The van der Waals surface area contributed by atoms with E-state index in [0.29, 0.717) is 0 Å². The topological polar surface area (TPSA) is 66.6 Å². The lowest BCUT2D eigenvalue weighted by atomic mass is 10.1. The first kappa shape index (κ1) is 17.2. The van der Waals surface area contributed by atoms with Crippen LogP contribution in [0.3, 0.4) is 0 Å². The highest BCUT2D eigenvalue weighted by molar-refractivity contribution is 9.10. The molecule has 120 valence electrons. The van der Waals surface area contributed by atoms with Gasteiger partial charge < -0.3 is 20.2 Å². The zero-order chi connectivity index (χ0) is 15.9. The first-order valence-corrected chi connectivity index (χ1v) is 8.52. The number of rotatable bonds is 8. The number of aryl methyl sites for hydroxylation is 1. The van der Waals surface area contributed by atoms with Crippen LogP contribution in [0.1, 0.15) is 18.2 Å². The van der Waals surface area contributed by atoms with Gasteiger partial charge in [-0.25, -0.2) is 0 Å². The van der Waals surface area contributed by atoms with E-state index in [-0.39, 0.29) is 6.10 Å². The Morgan fingerprint density at radius 2 is 1.95 bits per heavy atom. The van der Waals surface area contributed by atoms with E-state index < -0.39 is 0 Å². The molecule has 0 radical (unpaired) electrons. The molecule has 0 saturated heterocycles. The van der Waals surface area contributed by atoms with Crippen molar-refractivity contribution in [1.82, 2.24) is 0 Å². The van der Waals surface area contributed by atoms with Gasteiger partial charge in [-0.2, -0.15) is 0 Å². The lowest BCUT2D eigenvalue weighted by molar-refractivity contribution is -0.733. The van der Waals surface area contributed by atoms with Crippen LogP contribution in [0.15, 0.2) is 39.2 Å². The van der Waals surface area contributed by atoms with Gasteiger partial charge in [0.2, 0.25) is 0 Å². The van der Waals surface area contributed by atoms with Crippen LogP contribution in [0.2, 0.25) is 0 Å². The molecular formula is C17H25BrN2O2+2. The second-order valence-corrected chi connectivity index (χ2v) is 6.58. The van der Waals surface area contributed by atoms with Gasteiger partial charge in [-0.3, -0.25) is 0 Å². The monoisotopic (exact) mass is 368 g/mol. The summed E-state index contributed by atoms with van der Waals surface area (Å²) in [6.45, 7) is 7.53. The molecule has 0 aliphatic rings. The molecule has 1 aromatic carbocycles. The zero-order valence-electron chi connectivity index (χ0n) is 13.2. The maximum Gasteiger partial charge on any atom is 0.158 e. The fourth-order valence-corrected chi connectivity index (χ4v) is 2.85. The minimum absolute atomic E-state index is 0.234. The highest BCUT2D eigenvalue weighted by Crippen LogP contribution is 2.27. The van der Waals surface area contributed by atoms with Crippen LogP contribution < -0.4 is 10.6 Å². The van der Waals surface area contributed by atoms with E-state index in [1.165, 1.54) is 5.56 Å². The first-order valence-electron chi connectivity index (χ1n) is 7.73. The largest absolute Gasteiger partial charge is 0.455 e. The Bertz CT molecular complexity index is 596. The number of furan rings is 1. The Labute approximate surface area is 140 Å². The number of nitrogens with two attached hydrogens (primary N) is 2. The van der Waals surface area contributed by atoms with Gasteiger partial charge in [0.05, 0.1) is 6.10 Å². The average Bonchev–Trinajstić information content (AvgIpc) is 2.91. The molecule has 1 heterocycles.